The number of nitro groups is 1. The summed E-state index contributed by atoms with van der Waals surface area (Å²) in [6.45, 7) is 4.88. The van der Waals surface area contributed by atoms with Gasteiger partial charge in [-0.05, 0) is 0 Å². The molecule has 1 aromatic heterocycles. The predicted octanol–water partition coefficient (Wildman–Crippen LogP) is 1.16. The largest absolute Gasteiger partial charge is 0.378 e. The molecule has 8 nitrogen and oxygen atoms in total. The van der Waals surface area contributed by atoms with E-state index >= 15 is 0 Å². The van der Waals surface area contributed by atoms with Crippen LogP contribution >= 0.6 is 11.6 Å². The first-order valence-electron chi connectivity index (χ1n) is 7.05. The Kier molecular flexibility index (Phi) is 4.44. The highest BCUT2D eigenvalue weighted by Gasteiger charge is 2.42. The summed E-state index contributed by atoms with van der Waals surface area (Å²) in [4.78, 5) is 16.6. The Hall–Kier alpha value is -1.48. The summed E-state index contributed by atoms with van der Waals surface area (Å²) < 4.78 is 11.2. The highest BCUT2D eigenvalue weighted by atomic mass is 35.5. The van der Waals surface area contributed by atoms with Crippen LogP contribution in [0.2, 0.25) is 5.02 Å². The van der Waals surface area contributed by atoms with Crippen LogP contribution < -0.4 is 5.32 Å². The molecule has 1 N–H and O–H groups in total. The second-order valence-electron chi connectivity index (χ2n) is 5.45. The molecule has 2 aliphatic heterocycles. The Morgan fingerprint density at radius 2 is 2.09 bits per heavy atom. The van der Waals surface area contributed by atoms with Gasteiger partial charge in [0.05, 0.1) is 41.9 Å². The first-order chi connectivity index (χ1) is 10.6. The molecular weight excluding hydrogens is 312 g/mol. The monoisotopic (exact) mass is 328 g/mol. The van der Waals surface area contributed by atoms with Crippen LogP contribution in [0.25, 0.3) is 0 Å². The van der Waals surface area contributed by atoms with Crippen LogP contribution in [0.1, 0.15) is 0 Å². The number of nitrogens with one attached hydrogen (secondary N) is 1. The maximum atomic E-state index is 10.7. The molecule has 0 saturated carbocycles. The van der Waals surface area contributed by atoms with Gasteiger partial charge in [-0.25, -0.2) is 4.98 Å². The van der Waals surface area contributed by atoms with Crippen molar-refractivity contribution in [2.75, 3.05) is 51.4 Å². The number of morpholine rings is 2. The maximum absolute atomic E-state index is 10.7. The lowest BCUT2D eigenvalue weighted by Gasteiger charge is -2.49. The highest BCUT2D eigenvalue weighted by molar-refractivity contribution is 6.33. The number of hydrogen-bond donors (Lipinski definition) is 1. The molecule has 0 radical (unpaired) electrons. The first-order valence-corrected chi connectivity index (χ1v) is 7.43. The van der Waals surface area contributed by atoms with Crippen molar-refractivity contribution in [3.63, 3.8) is 0 Å². The zero-order valence-corrected chi connectivity index (χ0v) is 12.7. The second kappa shape index (κ2) is 6.33. The van der Waals surface area contributed by atoms with Crippen LogP contribution in [0.15, 0.2) is 12.3 Å². The summed E-state index contributed by atoms with van der Waals surface area (Å²) in [5.41, 5.74) is -0.374. The van der Waals surface area contributed by atoms with Crippen LogP contribution in [0.4, 0.5) is 11.5 Å². The van der Waals surface area contributed by atoms with Gasteiger partial charge in [0.25, 0.3) is 5.69 Å². The Morgan fingerprint density at radius 1 is 1.41 bits per heavy atom. The molecule has 120 valence electrons. The summed E-state index contributed by atoms with van der Waals surface area (Å²) in [6, 6.07) is 1.29. The van der Waals surface area contributed by atoms with Gasteiger partial charge in [0, 0.05) is 25.7 Å². The SMILES string of the molecule is O=[N+]([O-])c1cnc(NCC23COCCN2CCOC3)c(Cl)c1. The molecule has 0 aliphatic carbocycles. The summed E-state index contributed by atoms with van der Waals surface area (Å²) in [7, 11) is 0. The van der Waals surface area contributed by atoms with Crippen LogP contribution in [0.3, 0.4) is 0 Å². The van der Waals surface area contributed by atoms with E-state index in [1.807, 2.05) is 0 Å². The molecule has 0 unspecified atom stereocenters. The standard InChI is InChI=1S/C13H17ClN4O4/c14-11-5-10(18(19)20)6-15-12(11)16-7-13-8-21-3-1-17(13)2-4-22-9-13/h5-6H,1-4,7-9H2,(H,15,16). The Bertz CT molecular complexity index is 559. The van der Waals surface area contributed by atoms with Crippen molar-refractivity contribution in [3.05, 3.63) is 27.4 Å². The molecule has 9 heteroatoms. The molecule has 0 aromatic carbocycles. The molecule has 0 bridgehead atoms. The van der Waals surface area contributed by atoms with E-state index in [4.69, 9.17) is 21.1 Å². The summed E-state index contributed by atoms with van der Waals surface area (Å²) in [5, 5.41) is 14.1. The number of aromatic nitrogens is 1. The van der Waals surface area contributed by atoms with Gasteiger partial charge in [0.15, 0.2) is 0 Å². The van der Waals surface area contributed by atoms with Crippen molar-refractivity contribution in [1.82, 2.24) is 9.88 Å². The molecule has 22 heavy (non-hydrogen) atoms. The molecule has 2 fully saturated rings. The normalized spacial score (nSPS) is 21.1. The lowest BCUT2D eigenvalue weighted by atomic mass is 9.96. The van der Waals surface area contributed by atoms with Gasteiger partial charge in [-0.3, -0.25) is 15.0 Å². The van der Waals surface area contributed by atoms with E-state index in [1.165, 1.54) is 12.3 Å². The van der Waals surface area contributed by atoms with Gasteiger partial charge in [-0.2, -0.15) is 0 Å². The molecule has 3 rings (SSSR count). The topological polar surface area (TPSA) is 89.8 Å². The fraction of sp³-hybridized carbons (Fsp3) is 0.615. The van der Waals surface area contributed by atoms with Crippen LogP contribution in [-0.4, -0.2) is 66.4 Å². The van der Waals surface area contributed by atoms with E-state index in [9.17, 15) is 10.1 Å². The summed E-state index contributed by atoms with van der Waals surface area (Å²) in [6.07, 6.45) is 1.19. The third kappa shape index (κ3) is 3.00. The fourth-order valence-corrected chi connectivity index (χ4v) is 3.03. The Morgan fingerprint density at radius 3 is 2.68 bits per heavy atom. The van der Waals surface area contributed by atoms with Crippen molar-refractivity contribution in [2.45, 2.75) is 5.54 Å². The van der Waals surface area contributed by atoms with Crippen molar-refractivity contribution in [2.24, 2.45) is 0 Å². The Balaban J connectivity index is 1.72. The minimum atomic E-state index is -0.521. The number of rotatable bonds is 4. The van der Waals surface area contributed by atoms with Gasteiger partial charge < -0.3 is 14.8 Å². The molecule has 2 saturated heterocycles. The minimum absolute atomic E-state index is 0.127. The summed E-state index contributed by atoms with van der Waals surface area (Å²) in [5.74, 6) is 0.428. The van der Waals surface area contributed by atoms with Gasteiger partial charge in [0.1, 0.15) is 12.0 Å². The molecule has 0 amide bonds. The van der Waals surface area contributed by atoms with Crippen LogP contribution in [0, 0.1) is 10.1 Å². The van der Waals surface area contributed by atoms with E-state index in [1.54, 1.807) is 0 Å². The van der Waals surface area contributed by atoms with Crippen molar-refractivity contribution < 1.29 is 14.4 Å². The number of ether oxygens (including phenoxy) is 2. The van der Waals surface area contributed by atoms with Gasteiger partial charge >= 0.3 is 0 Å². The number of fused-ring (bicyclic) bond motifs is 1. The highest BCUT2D eigenvalue weighted by Crippen LogP contribution is 2.27. The maximum Gasteiger partial charge on any atom is 0.289 e. The average Bonchev–Trinajstić information content (AvgIpc) is 2.53. The molecule has 0 spiro atoms. The van der Waals surface area contributed by atoms with E-state index in [0.29, 0.717) is 25.6 Å². The van der Waals surface area contributed by atoms with E-state index in [2.05, 4.69) is 15.2 Å². The molecule has 2 aliphatic rings. The molecule has 1 aromatic rings. The van der Waals surface area contributed by atoms with Gasteiger partial charge in [-0.1, -0.05) is 11.6 Å². The van der Waals surface area contributed by atoms with Crippen LogP contribution in [-0.2, 0) is 9.47 Å². The molecular formula is C13H17ClN4O4. The van der Waals surface area contributed by atoms with Crippen LogP contribution in [0.5, 0.6) is 0 Å². The Labute approximate surface area is 132 Å². The molecule has 0 atom stereocenters. The number of nitrogens with zero attached hydrogens (tertiary/aromatic N) is 3. The summed E-state index contributed by atoms with van der Waals surface area (Å²) >= 11 is 6.06. The van der Waals surface area contributed by atoms with Crippen molar-refractivity contribution in [1.29, 1.82) is 0 Å². The van der Waals surface area contributed by atoms with E-state index < -0.39 is 4.92 Å². The van der Waals surface area contributed by atoms with E-state index in [-0.39, 0.29) is 16.2 Å². The number of hydrogen-bond acceptors (Lipinski definition) is 7. The van der Waals surface area contributed by atoms with E-state index in [0.717, 1.165) is 26.3 Å². The lowest BCUT2D eigenvalue weighted by Crippen LogP contribution is -2.66. The van der Waals surface area contributed by atoms with Crippen molar-refractivity contribution >= 4 is 23.1 Å². The fourth-order valence-electron chi connectivity index (χ4n) is 2.80. The quantitative estimate of drug-likeness (QED) is 0.655. The zero-order valence-electron chi connectivity index (χ0n) is 12.0. The average molecular weight is 329 g/mol. The zero-order chi connectivity index (χ0) is 15.6. The smallest absolute Gasteiger partial charge is 0.289 e. The lowest BCUT2D eigenvalue weighted by molar-refractivity contribution is -0.385. The number of pyridine rings is 1. The molecule has 3 heterocycles. The minimum Gasteiger partial charge on any atom is -0.378 e. The van der Waals surface area contributed by atoms with Gasteiger partial charge in [0.2, 0.25) is 0 Å². The first kappa shape index (κ1) is 15.4. The number of anilines is 1. The number of halogens is 1. The third-order valence-electron chi connectivity index (χ3n) is 4.05. The predicted molar refractivity (Wildman–Crippen MR) is 80.3 cm³/mol. The van der Waals surface area contributed by atoms with Crippen molar-refractivity contribution in [3.8, 4) is 0 Å². The third-order valence-corrected chi connectivity index (χ3v) is 4.33. The van der Waals surface area contributed by atoms with Gasteiger partial charge in [-0.15, -0.1) is 0 Å². The second-order valence-corrected chi connectivity index (χ2v) is 5.86.